The highest BCUT2D eigenvalue weighted by atomic mass is 35.5. The Labute approximate surface area is 182 Å². The first-order valence-electron chi connectivity index (χ1n) is 9.27. The van der Waals surface area contributed by atoms with E-state index in [9.17, 15) is 14.7 Å². The summed E-state index contributed by atoms with van der Waals surface area (Å²) in [4.78, 5) is 25.2. The highest BCUT2D eigenvalue weighted by molar-refractivity contribution is 7.12. The van der Waals surface area contributed by atoms with Crippen molar-refractivity contribution in [3.05, 3.63) is 46.2 Å². The van der Waals surface area contributed by atoms with E-state index in [1.807, 2.05) is 32.2 Å². The average Bonchev–Trinajstić information content (AvgIpc) is 3.19. The Kier molecular flexibility index (Phi) is 9.79. The van der Waals surface area contributed by atoms with Gasteiger partial charge in [0.2, 0.25) is 0 Å². The minimum atomic E-state index is -0.706. The van der Waals surface area contributed by atoms with Gasteiger partial charge in [-0.2, -0.15) is 0 Å². The number of ether oxygens (including phenoxy) is 1. The number of Topliss-reactive ketones (excluding diaryl/α,β-unsaturated/α-hetero) is 1. The number of ketones is 1. The maximum Gasteiger partial charge on any atom is 0.265 e. The lowest BCUT2D eigenvalue weighted by molar-refractivity contribution is 0.0936. The topological polar surface area (TPSA) is 87.7 Å². The first-order valence-corrected chi connectivity index (χ1v) is 10.2. The molecule has 0 radical (unpaired) electrons. The molecule has 0 aliphatic rings. The van der Waals surface area contributed by atoms with Crippen molar-refractivity contribution in [3.8, 4) is 5.75 Å². The lowest BCUT2D eigenvalue weighted by Crippen LogP contribution is -2.42. The van der Waals surface area contributed by atoms with Gasteiger partial charge in [0, 0.05) is 24.2 Å². The van der Waals surface area contributed by atoms with Crippen molar-refractivity contribution < 1.29 is 19.4 Å². The van der Waals surface area contributed by atoms with E-state index in [0.29, 0.717) is 34.8 Å². The molecule has 1 atom stereocenters. The van der Waals surface area contributed by atoms with Crippen LogP contribution in [-0.4, -0.2) is 41.6 Å². The molecule has 6 nitrogen and oxygen atoms in total. The summed E-state index contributed by atoms with van der Waals surface area (Å²) in [6, 6.07) is 8.50. The zero-order valence-electron chi connectivity index (χ0n) is 17.2. The molecule has 0 saturated carbocycles. The standard InChI is InChI=1S/C21H28N2O4S.ClH/c1-5-17(25)16-11-14(23-20(26)19-7-6-10-28-19)8-9-18(16)27-13-15(24)12-22-21(2,3)4;/h6-11,15,22,24H,5,12-13H2,1-4H3,(H,23,26);1H/t15-;/m0./s1. The van der Waals surface area contributed by atoms with Crippen molar-refractivity contribution in [2.24, 2.45) is 0 Å². The Balaban J connectivity index is 0.00000420. The Bertz CT molecular complexity index is 804. The van der Waals surface area contributed by atoms with Gasteiger partial charge in [-0.05, 0) is 50.4 Å². The zero-order chi connectivity index (χ0) is 20.7. The fourth-order valence-corrected chi connectivity index (χ4v) is 3.03. The number of carbonyl (C=O) groups excluding carboxylic acids is 2. The molecule has 29 heavy (non-hydrogen) atoms. The first-order chi connectivity index (χ1) is 13.2. The number of carbonyl (C=O) groups is 2. The summed E-state index contributed by atoms with van der Waals surface area (Å²) in [6.07, 6.45) is -0.394. The van der Waals surface area contributed by atoms with Gasteiger partial charge < -0.3 is 20.5 Å². The number of halogens is 1. The number of aliphatic hydroxyl groups is 1. The van der Waals surface area contributed by atoms with Crippen molar-refractivity contribution in [2.45, 2.75) is 45.8 Å². The molecule has 0 aliphatic carbocycles. The number of β-amino-alcohol motifs (C(OH)–C–C–N with tert-alkyl or cyclic N) is 1. The van der Waals surface area contributed by atoms with Crippen molar-refractivity contribution >= 4 is 41.1 Å². The van der Waals surface area contributed by atoms with Crippen LogP contribution in [0.3, 0.4) is 0 Å². The van der Waals surface area contributed by atoms with Crippen LogP contribution in [0.25, 0.3) is 0 Å². The molecule has 1 amide bonds. The van der Waals surface area contributed by atoms with Crippen LogP contribution in [0.5, 0.6) is 5.75 Å². The van der Waals surface area contributed by atoms with E-state index in [0.717, 1.165) is 0 Å². The van der Waals surface area contributed by atoms with Crippen molar-refractivity contribution in [1.82, 2.24) is 5.32 Å². The molecule has 1 aromatic heterocycles. The largest absolute Gasteiger partial charge is 0.490 e. The van der Waals surface area contributed by atoms with Crippen LogP contribution in [-0.2, 0) is 0 Å². The van der Waals surface area contributed by atoms with Gasteiger partial charge in [-0.3, -0.25) is 9.59 Å². The van der Waals surface area contributed by atoms with Gasteiger partial charge in [0.25, 0.3) is 5.91 Å². The third-order valence-corrected chi connectivity index (χ3v) is 4.77. The lowest BCUT2D eigenvalue weighted by atomic mass is 10.1. The summed E-state index contributed by atoms with van der Waals surface area (Å²) in [7, 11) is 0. The number of hydrogen-bond acceptors (Lipinski definition) is 6. The maximum absolute atomic E-state index is 12.3. The van der Waals surface area contributed by atoms with E-state index >= 15 is 0 Å². The molecule has 0 unspecified atom stereocenters. The van der Waals surface area contributed by atoms with Crippen LogP contribution in [0.15, 0.2) is 35.7 Å². The van der Waals surface area contributed by atoms with Gasteiger partial charge in [-0.25, -0.2) is 0 Å². The van der Waals surface area contributed by atoms with Crippen LogP contribution in [0.4, 0.5) is 5.69 Å². The second kappa shape index (κ2) is 11.3. The van der Waals surface area contributed by atoms with Crippen LogP contribution in [0, 0.1) is 0 Å². The van der Waals surface area contributed by atoms with E-state index in [2.05, 4.69) is 10.6 Å². The molecule has 0 saturated heterocycles. The first kappa shape index (κ1) is 25.1. The second-order valence-electron chi connectivity index (χ2n) is 7.51. The normalized spacial score (nSPS) is 12.0. The molecular formula is C21H29ClN2O4S. The number of amides is 1. The van der Waals surface area contributed by atoms with Crippen LogP contribution >= 0.6 is 23.7 Å². The molecular weight excluding hydrogens is 412 g/mol. The zero-order valence-corrected chi connectivity index (χ0v) is 18.8. The molecule has 3 N–H and O–H groups in total. The van der Waals surface area contributed by atoms with Crippen molar-refractivity contribution in [1.29, 1.82) is 0 Å². The number of nitrogens with one attached hydrogen (secondary N) is 2. The third-order valence-electron chi connectivity index (χ3n) is 3.90. The number of hydrogen-bond donors (Lipinski definition) is 3. The van der Waals surface area contributed by atoms with Crippen molar-refractivity contribution in [2.75, 3.05) is 18.5 Å². The highest BCUT2D eigenvalue weighted by Crippen LogP contribution is 2.25. The van der Waals surface area contributed by atoms with Gasteiger partial charge in [0.05, 0.1) is 10.4 Å². The second-order valence-corrected chi connectivity index (χ2v) is 8.46. The summed E-state index contributed by atoms with van der Waals surface area (Å²) in [6.45, 7) is 8.26. The van der Waals surface area contributed by atoms with Crippen molar-refractivity contribution in [3.63, 3.8) is 0 Å². The average molecular weight is 441 g/mol. The molecule has 1 aromatic carbocycles. The predicted molar refractivity (Wildman–Crippen MR) is 120 cm³/mol. The Hall–Kier alpha value is -1.93. The van der Waals surface area contributed by atoms with E-state index < -0.39 is 6.10 Å². The minimum absolute atomic E-state index is 0. The fourth-order valence-electron chi connectivity index (χ4n) is 2.41. The summed E-state index contributed by atoms with van der Waals surface area (Å²) in [5.41, 5.74) is 0.812. The summed E-state index contributed by atoms with van der Waals surface area (Å²) >= 11 is 1.35. The SMILES string of the molecule is CCC(=O)c1cc(NC(=O)c2cccs2)ccc1OC[C@@H](O)CNC(C)(C)C.Cl. The minimum Gasteiger partial charge on any atom is -0.490 e. The van der Waals surface area contributed by atoms with Gasteiger partial charge in [0.1, 0.15) is 18.5 Å². The Morgan fingerprint density at radius 3 is 2.55 bits per heavy atom. The molecule has 0 bridgehead atoms. The summed E-state index contributed by atoms with van der Waals surface area (Å²) in [5, 5.41) is 17.9. The monoisotopic (exact) mass is 440 g/mol. The molecule has 2 aromatic rings. The number of benzene rings is 1. The number of thiophene rings is 1. The predicted octanol–water partition coefficient (Wildman–Crippen LogP) is 4.14. The van der Waals surface area contributed by atoms with Crippen LogP contribution < -0.4 is 15.4 Å². The molecule has 8 heteroatoms. The van der Waals surface area contributed by atoms with Crippen LogP contribution in [0.1, 0.15) is 54.1 Å². The fraction of sp³-hybridized carbons (Fsp3) is 0.429. The van der Waals surface area contributed by atoms with E-state index in [-0.39, 0.29) is 36.2 Å². The van der Waals surface area contributed by atoms with Crippen LogP contribution in [0.2, 0.25) is 0 Å². The van der Waals surface area contributed by atoms with E-state index in [1.54, 1.807) is 31.2 Å². The van der Waals surface area contributed by atoms with E-state index in [4.69, 9.17) is 4.74 Å². The molecule has 1 heterocycles. The summed E-state index contributed by atoms with van der Waals surface area (Å²) in [5.74, 6) is 0.0857. The molecule has 160 valence electrons. The van der Waals surface area contributed by atoms with Gasteiger partial charge in [-0.1, -0.05) is 13.0 Å². The van der Waals surface area contributed by atoms with E-state index in [1.165, 1.54) is 11.3 Å². The smallest absolute Gasteiger partial charge is 0.265 e. The number of rotatable bonds is 9. The quantitative estimate of drug-likeness (QED) is 0.510. The highest BCUT2D eigenvalue weighted by Gasteiger charge is 2.17. The molecule has 2 rings (SSSR count). The third kappa shape index (κ3) is 8.14. The lowest BCUT2D eigenvalue weighted by Gasteiger charge is -2.23. The molecule has 0 aliphatic heterocycles. The molecule has 0 fully saturated rings. The maximum atomic E-state index is 12.3. The van der Waals surface area contributed by atoms with Gasteiger partial charge in [-0.15, -0.1) is 23.7 Å². The van der Waals surface area contributed by atoms with Gasteiger partial charge >= 0.3 is 0 Å². The number of anilines is 1. The molecule has 0 spiro atoms. The Morgan fingerprint density at radius 2 is 1.97 bits per heavy atom. The number of aliphatic hydroxyl groups excluding tert-OH is 1. The van der Waals surface area contributed by atoms with Gasteiger partial charge in [0.15, 0.2) is 5.78 Å². The Morgan fingerprint density at radius 1 is 1.24 bits per heavy atom. The summed E-state index contributed by atoms with van der Waals surface area (Å²) < 4.78 is 5.70.